The number of carbonyl (C=O) groups excluding carboxylic acids is 1. The van der Waals surface area contributed by atoms with Crippen molar-refractivity contribution in [1.82, 2.24) is 9.88 Å². The number of nitrogens with zero attached hydrogens (tertiary/aromatic N) is 2. The predicted octanol–water partition coefficient (Wildman–Crippen LogP) is 3.23. The highest BCUT2D eigenvalue weighted by Crippen LogP contribution is 2.19. The quantitative estimate of drug-likeness (QED) is 0.776. The summed E-state index contributed by atoms with van der Waals surface area (Å²) in [5, 5.41) is 0. The Morgan fingerprint density at radius 1 is 1.37 bits per heavy atom. The molecular weight excluding hydrogens is 240 g/mol. The Morgan fingerprint density at radius 2 is 2.16 bits per heavy atom. The van der Waals surface area contributed by atoms with E-state index in [1.54, 1.807) is 12.4 Å². The second-order valence-corrected chi connectivity index (χ2v) is 5.32. The van der Waals surface area contributed by atoms with Crippen molar-refractivity contribution in [3.8, 4) is 0 Å². The van der Waals surface area contributed by atoms with Gasteiger partial charge < -0.3 is 4.74 Å². The average Bonchev–Trinajstić information content (AvgIpc) is 2.38. The van der Waals surface area contributed by atoms with Gasteiger partial charge in [-0.25, -0.2) is 4.79 Å². The van der Waals surface area contributed by atoms with Crippen molar-refractivity contribution in [3.63, 3.8) is 0 Å². The zero-order valence-corrected chi connectivity index (χ0v) is 11.5. The largest absolute Gasteiger partial charge is 0.443 e. The molecule has 0 unspecified atom stereocenters. The molecule has 0 bridgehead atoms. The van der Waals surface area contributed by atoms with Crippen LogP contribution in [0.15, 0.2) is 42.7 Å². The number of allylic oxidation sites excluding steroid dienone is 2. The van der Waals surface area contributed by atoms with E-state index in [9.17, 15) is 4.79 Å². The Kier molecular flexibility index (Phi) is 3.69. The minimum Gasteiger partial charge on any atom is -0.443 e. The Balaban J connectivity index is 2.01. The van der Waals surface area contributed by atoms with Crippen LogP contribution >= 0.6 is 0 Å². The van der Waals surface area contributed by atoms with Crippen LogP contribution in [-0.4, -0.2) is 28.1 Å². The number of pyridine rings is 1. The molecule has 0 spiro atoms. The zero-order chi connectivity index (χ0) is 13.9. The predicted molar refractivity (Wildman–Crippen MR) is 74.3 cm³/mol. The van der Waals surface area contributed by atoms with E-state index < -0.39 is 5.60 Å². The summed E-state index contributed by atoms with van der Waals surface area (Å²) in [5.74, 6) is 0. The normalized spacial score (nSPS) is 15.1. The molecular formula is C15H18N2O2. The summed E-state index contributed by atoms with van der Waals surface area (Å²) in [7, 11) is 0. The molecule has 0 aromatic carbocycles. The van der Waals surface area contributed by atoms with E-state index in [1.165, 1.54) is 4.90 Å². The van der Waals surface area contributed by atoms with Crippen LogP contribution in [0.3, 0.4) is 0 Å². The number of amides is 1. The van der Waals surface area contributed by atoms with Gasteiger partial charge in [-0.1, -0.05) is 12.1 Å². The molecule has 0 saturated carbocycles. The molecule has 1 aromatic heterocycles. The van der Waals surface area contributed by atoms with Crippen LogP contribution < -0.4 is 0 Å². The highest BCUT2D eigenvalue weighted by atomic mass is 16.6. The molecule has 0 atom stereocenters. The van der Waals surface area contributed by atoms with Gasteiger partial charge in [0.2, 0.25) is 0 Å². The Bertz CT molecular complexity index is 513. The molecule has 4 heteroatoms. The van der Waals surface area contributed by atoms with Crippen LogP contribution in [0.4, 0.5) is 4.79 Å². The van der Waals surface area contributed by atoms with Crippen LogP contribution in [0.2, 0.25) is 0 Å². The van der Waals surface area contributed by atoms with Crippen molar-refractivity contribution in [2.75, 3.05) is 6.54 Å². The lowest BCUT2D eigenvalue weighted by Crippen LogP contribution is -2.34. The van der Waals surface area contributed by atoms with Crippen LogP contribution in [0, 0.1) is 0 Å². The minimum atomic E-state index is -0.476. The van der Waals surface area contributed by atoms with E-state index in [4.69, 9.17) is 4.74 Å². The molecule has 100 valence electrons. The maximum atomic E-state index is 11.9. The second-order valence-electron chi connectivity index (χ2n) is 5.32. The van der Waals surface area contributed by atoms with E-state index >= 15 is 0 Å². The number of hydrogen-bond acceptors (Lipinski definition) is 3. The standard InChI is InChI=1S/C15H18N2O2/c1-15(2,3)19-14(18)17-10-7-12(8-11-17)13-6-4-5-9-16-13/h4-10H,11H2,1-3H3. The molecule has 0 radical (unpaired) electrons. The van der Waals surface area contributed by atoms with Crippen molar-refractivity contribution in [2.45, 2.75) is 26.4 Å². The summed E-state index contributed by atoms with van der Waals surface area (Å²) in [6, 6.07) is 5.76. The summed E-state index contributed by atoms with van der Waals surface area (Å²) in [4.78, 5) is 17.7. The summed E-state index contributed by atoms with van der Waals surface area (Å²) in [6.45, 7) is 6.06. The third-order valence-corrected chi connectivity index (χ3v) is 2.53. The van der Waals surface area contributed by atoms with Crippen molar-refractivity contribution in [2.24, 2.45) is 0 Å². The number of aromatic nitrogens is 1. The van der Waals surface area contributed by atoms with Gasteiger partial charge in [-0.3, -0.25) is 9.88 Å². The first-order chi connectivity index (χ1) is 8.96. The van der Waals surface area contributed by atoms with Crippen LogP contribution in [0.25, 0.3) is 5.57 Å². The molecule has 0 saturated heterocycles. The molecule has 1 aliphatic rings. The Hall–Kier alpha value is -2.10. The summed E-state index contributed by atoms with van der Waals surface area (Å²) in [6.07, 6.45) is 6.99. The lowest BCUT2D eigenvalue weighted by molar-refractivity contribution is 0.0351. The summed E-state index contributed by atoms with van der Waals surface area (Å²) >= 11 is 0. The fourth-order valence-electron chi connectivity index (χ4n) is 1.68. The van der Waals surface area contributed by atoms with E-state index in [0.717, 1.165) is 11.3 Å². The first-order valence-corrected chi connectivity index (χ1v) is 6.25. The monoisotopic (exact) mass is 258 g/mol. The third-order valence-electron chi connectivity index (χ3n) is 2.53. The van der Waals surface area contributed by atoms with Crippen molar-refractivity contribution in [3.05, 3.63) is 48.4 Å². The fourth-order valence-corrected chi connectivity index (χ4v) is 1.68. The van der Waals surface area contributed by atoms with E-state index in [1.807, 2.05) is 51.1 Å². The highest BCUT2D eigenvalue weighted by molar-refractivity contribution is 5.77. The van der Waals surface area contributed by atoms with Crippen molar-refractivity contribution in [1.29, 1.82) is 0 Å². The average molecular weight is 258 g/mol. The van der Waals surface area contributed by atoms with Gasteiger partial charge in [-0.2, -0.15) is 0 Å². The van der Waals surface area contributed by atoms with Crippen molar-refractivity contribution < 1.29 is 9.53 Å². The van der Waals surface area contributed by atoms with Gasteiger partial charge in [-0.05, 0) is 44.6 Å². The molecule has 4 nitrogen and oxygen atoms in total. The molecule has 0 aliphatic carbocycles. The molecule has 1 amide bonds. The maximum absolute atomic E-state index is 11.9. The van der Waals surface area contributed by atoms with Gasteiger partial charge in [0, 0.05) is 18.9 Å². The lowest BCUT2D eigenvalue weighted by Gasteiger charge is -2.26. The van der Waals surface area contributed by atoms with Crippen LogP contribution in [-0.2, 0) is 4.74 Å². The number of hydrogen-bond donors (Lipinski definition) is 0. The van der Waals surface area contributed by atoms with Gasteiger partial charge in [-0.15, -0.1) is 0 Å². The van der Waals surface area contributed by atoms with E-state index in [0.29, 0.717) is 6.54 Å². The van der Waals surface area contributed by atoms with Crippen molar-refractivity contribution >= 4 is 11.7 Å². The van der Waals surface area contributed by atoms with E-state index in [-0.39, 0.29) is 6.09 Å². The first-order valence-electron chi connectivity index (χ1n) is 6.25. The lowest BCUT2D eigenvalue weighted by atomic mass is 10.1. The second kappa shape index (κ2) is 5.26. The van der Waals surface area contributed by atoms with Crippen LogP contribution in [0.5, 0.6) is 0 Å². The minimum absolute atomic E-state index is 0.333. The summed E-state index contributed by atoms with van der Waals surface area (Å²) in [5.41, 5.74) is 1.44. The zero-order valence-electron chi connectivity index (χ0n) is 11.5. The third kappa shape index (κ3) is 3.68. The molecule has 1 aromatic rings. The van der Waals surface area contributed by atoms with Gasteiger partial charge in [0.25, 0.3) is 0 Å². The van der Waals surface area contributed by atoms with Crippen LogP contribution in [0.1, 0.15) is 26.5 Å². The van der Waals surface area contributed by atoms with E-state index in [2.05, 4.69) is 4.98 Å². The fraction of sp³-hybridized carbons (Fsp3) is 0.333. The number of ether oxygens (including phenoxy) is 1. The van der Waals surface area contributed by atoms with Gasteiger partial charge in [0.05, 0.1) is 5.69 Å². The molecule has 2 heterocycles. The van der Waals surface area contributed by atoms with Gasteiger partial charge in [0.1, 0.15) is 5.60 Å². The van der Waals surface area contributed by atoms with Gasteiger partial charge in [0.15, 0.2) is 0 Å². The topological polar surface area (TPSA) is 42.4 Å². The van der Waals surface area contributed by atoms with Gasteiger partial charge >= 0.3 is 6.09 Å². The smallest absolute Gasteiger partial charge is 0.414 e. The molecule has 1 aliphatic heterocycles. The maximum Gasteiger partial charge on any atom is 0.414 e. The summed E-state index contributed by atoms with van der Waals surface area (Å²) < 4.78 is 5.31. The molecule has 19 heavy (non-hydrogen) atoms. The SMILES string of the molecule is CC(C)(C)OC(=O)N1C=CC(c2ccccn2)=CC1. The molecule has 0 N–H and O–H groups in total. The number of rotatable bonds is 1. The Labute approximate surface area is 113 Å². The molecule has 2 rings (SSSR count). The highest BCUT2D eigenvalue weighted by Gasteiger charge is 2.21. The molecule has 0 fully saturated rings. The first kappa shape index (κ1) is 13.3. The number of carbonyl (C=O) groups is 1. The Morgan fingerprint density at radius 3 is 2.68 bits per heavy atom.